The van der Waals surface area contributed by atoms with Gasteiger partial charge in [0.05, 0.1) is 25.7 Å². The third-order valence-electron chi connectivity index (χ3n) is 7.90. The lowest BCUT2D eigenvalue weighted by Crippen LogP contribution is -2.52. The van der Waals surface area contributed by atoms with E-state index in [1.807, 2.05) is 68.4 Å². The molecule has 2 N–H and O–H groups in total. The van der Waals surface area contributed by atoms with Gasteiger partial charge in [0.2, 0.25) is 17.7 Å². The van der Waals surface area contributed by atoms with Crippen molar-refractivity contribution < 1.29 is 29.2 Å². The zero-order valence-electron chi connectivity index (χ0n) is 21.7. The Bertz CT molecular complexity index is 1330. The van der Waals surface area contributed by atoms with Crippen LogP contribution in [0.3, 0.4) is 0 Å². The van der Waals surface area contributed by atoms with E-state index < -0.39 is 29.1 Å². The van der Waals surface area contributed by atoms with Gasteiger partial charge >= 0.3 is 0 Å². The minimum atomic E-state index is -2.09. The second-order valence-corrected chi connectivity index (χ2v) is 10.4. The van der Waals surface area contributed by atoms with E-state index >= 15 is 0 Å². The molecule has 1 fully saturated rings. The van der Waals surface area contributed by atoms with Crippen molar-refractivity contribution in [3.8, 4) is 17.5 Å². The molecular weight excluding hydrogens is 552 g/mol. The topological polar surface area (TPSA) is 101 Å². The van der Waals surface area contributed by atoms with E-state index in [1.54, 1.807) is 11.0 Å². The van der Waals surface area contributed by atoms with Gasteiger partial charge in [0.15, 0.2) is 11.2 Å². The van der Waals surface area contributed by atoms with Crippen molar-refractivity contribution in [2.24, 2.45) is 5.92 Å². The molecule has 38 heavy (non-hydrogen) atoms. The van der Waals surface area contributed by atoms with Crippen molar-refractivity contribution in [1.29, 1.82) is 0 Å². The van der Waals surface area contributed by atoms with Crippen LogP contribution in [0, 0.1) is 5.92 Å². The van der Waals surface area contributed by atoms with Crippen LogP contribution >= 0.6 is 15.9 Å². The number of fused-ring (bicyclic) bond motifs is 3. The van der Waals surface area contributed by atoms with Gasteiger partial charge in [-0.25, -0.2) is 0 Å². The van der Waals surface area contributed by atoms with Crippen LogP contribution in [0.2, 0.25) is 0 Å². The first-order valence-corrected chi connectivity index (χ1v) is 13.4. The van der Waals surface area contributed by atoms with Gasteiger partial charge in [-0.1, -0.05) is 58.4 Å². The average molecular weight is 583 g/mol. The summed E-state index contributed by atoms with van der Waals surface area (Å²) in [5.74, 6) is -1.49. The van der Waals surface area contributed by atoms with E-state index in [1.165, 1.54) is 14.2 Å². The number of aliphatic hydroxyl groups excluding tert-OH is 1. The van der Waals surface area contributed by atoms with Crippen LogP contribution in [0.15, 0.2) is 65.1 Å². The molecule has 2 aromatic carbocycles. The number of aliphatic hydroxyl groups is 2. The number of hydrogen-bond donors (Lipinski definition) is 2. The average Bonchev–Trinajstić information content (AvgIpc) is 3.32. The molecule has 5 rings (SSSR count). The van der Waals surface area contributed by atoms with Gasteiger partial charge in [-0.15, -0.1) is 0 Å². The number of nitrogens with zero attached hydrogens (tertiary/aromatic N) is 2. The molecule has 1 amide bonds. The second kappa shape index (κ2) is 9.87. The molecule has 0 spiro atoms. The van der Waals surface area contributed by atoms with E-state index in [4.69, 9.17) is 14.2 Å². The fraction of sp³-hybridized carbons (Fsp3) is 0.379. The van der Waals surface area contributed by atoms with Gasteiger partial charge in [-0.05, 0) is 37.1 Å². The second-order valence-electron chi connectivity index (χ2n) is 9.53. The number of hydrogen-bond acceptors (Lipinski definition) is 7. The lowest BCUT2D eigenvalue weighted by molar-refractivity contribution is -0.157. The Balaban J connectivity index is 1.88. The van der Waals surface area contributed by atoms with Crippen LogP contribution in [-0.2, 0) is 16.0 Å². The van der Waals surface area contributed by atoms with Gasteiger partial charge in [0.1, 0.15) is 11.9 Å². The first-order chi connectivity index (χ1) is 18.3. The molecule has 2 heterocycles. The predicted octanol–water partition coefficient (Wildman–Crippen LogP) is 3.98. The summed E-state index contributed by atoms with van der Waals surface area (Å²) < 4.78 is 18.6. The summed E-state index contributed by atoms with van der Waals surface area (Å²) in [5.41, 5.74) is -2.14. The minimum absolute atomic E-state index is 0.0580. The Morgan fingerprint density at radius 3 is 2.32 bits per heavy atom. The number of benzene rings is 2. The number of carbonyl (C=O) groups excluding carboxylic acids is 1. The summed E-state index contributed by atoms with van der Waals surface area (Å²) in [6.07, 6.45) is -1.55. The first kappa shape index (κ1) is 26.5. The SMILES string of the molecule is CCN(CC)C(=O)[C@H]1[C@@H](O)[C@@]2(O)c3c(cc(OC)nc3OC)O[C@@]2(c2ccc(Br)cc2)[C@@H]1c1ccccc1. The van der Waals surface area contributed by atoms with E-state index in [-0.39, 0.29) is 29.0 Å². The van der Waals surface area contributed by atoms with Crippen molar-refractivity contribution in [1.82, 2.24) is 9.88 Å². The number of pyridine rings is 1. The molecule has 8 nitrogen and oxygen atoms in total. The summed E-state index contributed by atoms with van der Waals surface area (Å²) in [5, 5.41) is 25.0. The molecule has 5 atom stereocenters. The Hall–Kier alpha value is -3.14. The summed E-state index contributed by atoms with van der Waals surface area (Å²) >= 11 is 3.49. The number of aromatic nitrogens is 1. The van der Waals surface area contributed by atoms with E-state index in [0.29, 0.717) is 18.7 Å². The number of methoxy groups -OCH3 is 2. The molecule has 1 aliphatic carbocycles. The van der Waals surface area contributed by atoms with Gasteiger partial charge in [0, 0.05) is 29.5 Å². The highest BCUT2D eigenvalue weighted by molar-refractivity contribution is 9.10. The molecule has 0 bridgehead atoms. The van der Waals surface area contributed by atoms with Crippen LogP contribution < -0.4 is 14.2 Å². The Morgan fingerprint density at radius 2 is 1.74 bits per heavy atom. The molecule has 1 aromatic heterocycles. The molecule has 0 saturated heterocycles. The summed E-state index contributed by atoms with van der Waals surface area (Å²) in [6.45, 7) is 4.71. The molecule has 3 aromatic rings. The fourth-order valence-electron chi connectivity index (χ4n) is 6.24. The number of ether oxygens (including phenoxy) is 3. The maximum Gasteiger partial charge on any atom is 0.229 e. The molecule has 200 valence electrons. The lowest BCUT2D eigenvalue weighted by Gasteiger charge is -2.40. The van der Waals surface area contributed by atoms with Gasteiger partial charge in [0.25, 0.3) is 0 Å². The fourth-order valence-corrected chi connectivity index (χ4v) is 6.51. The molecule has 9 heteroatoms. The van der Waals surface area contributed by atoms with Crippen LogP contribution in [-0.4, -0.2) is 59.4 Å². The van der Waals surface area contributed by atoms with Crippen LogP contribution in [0.4, 0.5) is 0 Å². The quantitative estimate of drug-likeness (QED) is 0.434. The smallest absolute Gasteiger partial charge is 0.229 e. The zero-order valence-corrected chi connectivity index (χ0v) is 23.3. The number of rotatable bonds is 7. The summed E-state index contributed by atoms with van der Waals surface area (Å²) in [4.78, 5) is 20.2. The van der Waals surface area contributed by atoms with Gasteiger partial charge in [-0.3, -0.25) is 4.79 Å². The number of halogens is 1. The van der Waals surface area contributed by atoms with E-state index in [0.717, 1.165) is 10.0 Å². The van der Waals surface area contributed by atoms with Crippen LogP contribution in [0.5, 0.6) is 17.5 Å². The van der Waals surface area contributed by atoms with Crippen LogP contribution in [0.25, 0.3) is 0 Å². The largest absolute Gasteiger partial charge is 0.481 e. The highest BCUT2D eigenvalue weighted by atomic mass is 79.9. The Morgan fingerprint density at radius 1 is 1.08 bits per heavy atom. The van der Waals surface area contributed by atoms with Gasteiger partial charge < -0.3 is 29.3 Å². The van der Waals surface area contributed by atoms with Crippen molar-refractivity contribution in [3.63, 3.8) is 0 Å². The lowest BCUT2D eigenvalue weighted by atomic mass is 9.70. The molecule has 0 radical (unpaired) electrons. The number of amides is 1. The maximum absolute atomic E-state index is 14.1. The van der Waals surface area contributed by atoms with E-state index in [9.17, 15) is 15.0 Å². The normalized spacial score (nSPS) is 27.3. The van der Waals surface area contributed by atoms with Crippen molar-refractivity contribution in [2.45, 2.75) is 37.1 Å². The van der Waals surface area contributed by atoms with Crippen molar-refractivity contribution >= 4 is 21.8 Å². The third kappa shape index (κ3) is 3.56. The zero-order chi connectivity index (χ0) is 27.2. The molecule has 2 aliphatic rings. The third-order valence-corrected chi connectivity index (χ3v) is 8.43. The standard InChI is InChI=1S/C29H31BrN2O6/c1-5-32(6-2)27(34)22-23(17-10-8-7-9-11-17)29(18-12-14-19(30)15-13-18)28(35,25(22)33)24-20(38-29)16-21(36-3)31-26(24)37-4/h7-16,22-23,25,33,35H,5-6H2,1-4H3/t22-,23-,25-,28+,29+/m1/s1. The van der Waals surface area contributed by atoms with Crippen molar-refractivity contribution in [2.75, 3.05) is 27.3 Å². The predicted molar refractivity (Wildman–Crippen MR) is 144 cm³/mol. The number of carbonyl (C=O) groups is 1. The minimum Gasteiger partial charge on any atom is -0.481 e. The summed E-state index contributed by atoms with van der Waals surface area (Å²) in [7, 11) is 2.91. The summed E-state index contributed by atoms with van der Waals surface area (Å²) in [6, 6.07) is 18.4. The molecule has 0 unspecified atom stereocenters. The molecule has 1 saturated carbocycles. The van der Waals surface area contributed by atoms with Gasteiger partial charge in [-0.2, -0.15) is 4.98 Å². The highest BCUT2D eigenvalue weighted by Crippen LogP contribution is 2.70. The van der Waals surface area contributed by atoms with Crippen molar-refractivity contribution in [3.05, 3.63) is 81.8 Å². The highest BCUT2D eigenvalue weighted by Gasteiger charge is 2.78. The van der Waals surface area contributed by atoms with E-state index in [2.05, 4.69) is 20.9 Å². The van der Waals surface area contributed by atoms with Crippen LogP contribution in [0.1, 0.15) is 36.5 Å². The Labute approximate surface area is 230 Å². The first-order valence-electron chi connectivity index (χ1n) is 12.6. The molecule has 1 aliphatic heterocycles. The maximum atomic E-state index is 14.1. The Kier molecular flexibility index (Phi) is 6.87. The monoisotopic (exact) mass is 582 g/mol. The molecular formula is C29H31BrN2O6.